The molecule has 0 aromatic rings. The zero-order valence-corrected chi connectivity index (χ0v) is 31.0. The molecule has 3 N–H and O–H groups in total. The lowest BCUT2D eigenvalue weighted by Gasteiger charge is -2.20. The molecule has 6 nitrogen and oxygen atoms in total. The number of carbonyl (C=O) groups excluding carboxylic acids is 2. The maximum atomic E-state index is 12.3. The van der Waals surface area contributed by atoms with Gasteiger partial charge in [0, 0.05) is 12.8 Å². The molecular formula is C41H77NO5. The molecule has 0 aliphatic carbocycles. The third-order valence-electron chi connectivity index (χ3n) is 8.97. The summed E-state index contributed by atoms with van der Waals surface area (Å²) in [6.07, 6.45) is 40.1. The van der Waals surface area contributed by atoms with Gasteiger partial charge in [0.1, 0.15) is 0 Å². The first kappa shape index (κ1) is 45.3. The number of amides is 1. The average Bonchev–Trinajstić information content (AvgIpc) is 3.07. The number of aliphatic hydroxyl groups is 2. The number of hydrogen-bond donors (Lipinski definition) is 3. The van der Waals surface area contributed by atoms with E-state index in [9.17, 15) is 19.8 Å². The fraction of sp³-hybridized carbons (Fsp3) is 0.854. The summed E-state index contributed by atoms with van der Waals surface area (Å²) < 4.78 is 5.41. The Morgan fingerprint density at radius 1 is 0.574 bits per heavy atom. The molecule has 0 aliphatic heterocycles. The van der Waals surface area contributed by atoms with Gasteiger partial charge in [0.25, 0.3) is 0 Å². The van der Waals surface area contributed by atoms with Gasteiger partial charge in [-0.3, -0.25) is 9.59 Å². The summed E-state index contributed by atoms with van der Waals surface area (Å²) in [6, 6.07) is -0.645. The maximum absolute atomic E-state index is 12.3. The predicted octanol–water partition coefficient (Wildman–Crippen LogP) is 10.8. The Balaban J connectivity index is 3.54. The fourth-order valence-electron chi connectivity index (χ4n) is 5.80. The summed E-state index contributed by atoms with van der Waals surface area (Å²) in [7, 11) is 0. The summed E-state index contributed by atoms with van der Waals surface area (Å²) >= 11 is 0. The van der Waals surface area contributed by atoms with Crippen molar-refractivity contribution in [2.45, 2.75) is 212 Å². The number of nitrogens with one attached hydrogen (secondary N) is 1. The molecule has 0 heterocycles. The standard InChI is InChI=1S/C41H77NO5/c1-3-5-7-9-11-13-14-15-19-23-27-31-35-41(46)47-36-32-28-24-20-16-18-22-26-30-34-40(45)42-38(37-43)39(44)33-29-25-21-17-12-10-8-6-4-2/h11,13,29,33,38-39,43-44H,3-10,12,14-28,30-32,34-37H2,1-2H3,(H,42,45)/b13-11-,33-29+. The molecule has 0 fully saturated rings. The second kappa shape index (κ2) is 37.2. The Labute approximate surface area is 291 Å². The summed E-state index contributed by atoms with van der Waals surface area (Å²) in [4.78, 5) is 24.2. The summed E-state index contributed by atoms with van der Waals surface area (Å²) in [5.74, 6) is -0.140. The Bertz CT molecular complexity index is 737. The van der Waals surface area contributed by atoms with Crippen molar-refractivity contribution < 1.29 is 24.5 Å². The van der Waals surface area contributed by atoms with E-state index in [4.69, 9.17) is 4.74 Å². The van der Waals surface area contributed by atoms with Crippen LogP contribution in [0.1, 0.15) is 200 Å². The molecule has 0 bridgehead atoms. The molecule has 2 atom stereocenters. The van der Waals surface area contributed by atoms with Crippen LogP contribution in [0.5, 0.6) is 0 Å². The average molecular weight is 664 g/mol. The lowest BCUT2D eigenvalue weighted by molar-refractivity contribution is -0.143. The van der Waals surface area contributed by atoms with Crippen molar-refractivity contribution in [1.29, 1.82) is 0 Å². The number of allylic oxidation sites excluding steroid dienone is 3. The SMILES string of the molecule is CCCCC/C=C\CCCCCCCC(=O)OCCCCCCCCCCCC(=O)NC(CO)C(O)/C=C/CCCCCCCCC. The minimum Gasteiger partial charge on any atom is -0.466 e. The number of rotatable bonds is 36. The van der Waals surface area contributed by atoms with Gasteiger partial charge >= 0.3 is 5.97 Å². The van der Waals surface area contributed by atoms with Crippen molar-refractivity contribution in [3.63, 3.8) is 0 Å². The number of carbonyl (C=O) groups is 2. The highest BCUT2D eigenvalue weighted by Crippen LogP contribution is 2.13. The number of hydrogen-bond acceptors (Lipinski definition) is 5. The molecule has 0 saturated carbocycles. The van der Waals surface area contributed by atoms with Gasteiger partial charge in [-0.2, -0.15) is 0 Å². The zero-order valence-electron chi connectivity index (χ0n) is 31.0. The van der Waals surface area contributed by atoms with E-state index in [-0.39, 0.29) is 18.5 Å². The van der Waals surface area contributed by atoms with Crippen molar-refractivity contribution in [1.82, 2.24) is 5.32 Å². The van der Waals surface area contributed by atoms with Crippen molar-refractivity contribution in [2.24, 2.45) is 0 Å². The lowest BCUT2D eigenvalue weighted by Crippen LogP contribution is -2.45. The smallest absolute Gasteiger partial charge is 0.305 e. The second-order valence-electron chi connectivity index (χ2n) is 13.6. The second-order valence-corrected chi connectivity index (χ2v) is 13.6. The van der Waals surface area contributed by atoms with Gasteiger partial charge in [0.2, 0.25) is 5.91 Å². The van der Waals surface area contributed by atoms with Gasteiger partial charge < -0.3 is 20.3 Å². The summed E-state index contributed by atoms with van der Waals surface area (Å²) in [5.41, 5.74) is 0. The van der Waals surface area contributed by atoms with Crippen LogP contribution in [-0.2, 0) is 14.3 Å². The molecule has 0 spiro atoms. The Hall–Kier alpha value is -1.66. The molecule has 276 valence electrons. The molecule has 0 aromatic carbocycles. The number of unbranched alkanes of at least 4 members (excludes halogenated alkanes) is 23. The van der Waals surface area contributed by atoms with Crippen LogP contribution in [-0.4, -0.2) is 47.4 Å². The van der Waals surface area contributed by atoms with Gasteiger partial charge in [-0.1, -0.05) is 154 Å². The van der Waals surface area contributed by atoms with Gasteiger partial charge in [-0.05, 0) is 57.8 Å². The molecule has 6 heteroatoms. The van der Waals surface area contributed by atoms with E-state index >= 15 is 0 Å². The van der Waals surface area contributed by atoms with Crippen molar-refractivity contribution >= 4 is 11.9 Å². The Morgan fingerprint density at radius 2 is 1.00 bits per heavy atom. The van der Waals surface area contributed by atoms with Gasteiger partial charge in [0.05, 0.1) is 25.4 Å². The van der Waals surface area contributed by atoms with E-state index in [1.807, 2.05) is 6.08 Å². The van der Waals surface area contributed by atoms with Crippen LogP contribution in [0.15, 0.2) is 24.3 Å². The van der Waals surface area contributed by atoms with Crippen LogP contribution in [0.4, 0.5) is 0 Å². The highest BCUT2D eigenvalue weighted by atomic mass is 16.5. The van der Waals surface area contributed by atoms with Gasteiger partial charge in [0.15, 0.2) is 0 Å². The highest BCUT2D eigenvalue weighted by molar-refractivity contribution is 5.76. The van der Waals surface area contributed by atoms with E-state index in [1.54, 1.807) is 6.08 Å². The summed E-state index contributed by atoms with van der Waals surface area (Å²) in [6.45, 7) is 4.75. The molecule has 1 amide bonds. The molecule has 0 aliphatic rings. The maximum Gasteiger partial charge on any atom is 0.305 e. The molecule has 2 unspecified atom stereocenters. The minimum absolute atomic E-state index is 0.0392. The first-order valence-corrected chi connectivity index (χ1v) is 20.1. The molecule has 0 rings (SSSR count). The number of ether oxygens (including phenoxy) is 1. The monoisotopic (exact) mass is 664 g/mol. The topological polar surface area (TPSA) is 95.9 Å². The largest absolute Gasteiger partial charge is 0.466 e. The van der Waals surface area contributed by atoms with Gasteiger partial charge in [-0.15, -0.1) is 0 Å². The highest BCUT2D eigenvalue weighted by Gasteiger charge is 2.17. The van der Waals surface area contributed by atoms with Gasteiger partial charge in [-0.25, -0.2) is 0 Å². The normalized spacial score (nSPS) is 13.0. The summed E-state index contributed by atoms with van der Waals surface area (Å²) in [5, 5.41) is 22.8. The Morgan fingerprint density at radius 3 is 1.55 bits per heavy atom. The van der Waals surface area contributed by atoms with Crippen LogP contribution < -0.4 is 5.32 Å². The van der Waals surface area contributed by atoms with E-state index in [0.29, 0.717) is 19.4 Å². The third kappa shape index (κ3) is 34.0. The van der Waals surface area contributed by atoms with Crippen LogP contribution >= 0.6 is 0 Å². The van der Waals surface area contributed by atoms with E-state index < -0.39 is 12.1 Å². The van der Waals surface area contributed by atoms with Crippen LogP contribution in [0, 0.1) is 0 Å². The third-order valence-corrected chi connectivity index (χ3v) is 8.97. The molecule has 0 aromatic heterocycles. The van der Waals surface area contributed by atoms with Crippen LogP contribution in [0.3, 0.4) is 0 Å². The van der Waals surface area contributed by atoms with E-state index in [0.717, 1.165) is 57.8 Å². The Kier molecular flexibility index (Phi) is 35.9. The molecular weight excluding hydrogens is 586 g/mol. The quantitative estimate of drug-likeness (QED) is 0.0352. The van der Waals surface area contributed by atoms with E-state index in [1.165, 1.54) is 116 Å². The van der Waals surface area contributed by atoms with Crippen LogP contribution in [0.25, 0.3) is 0 Å². The molecule has 47 heavy (non-hydrogen) atoms. The predicted molar refractivity (Wildman–Crippen MR) is 200 cm³/mol. The first-order valence-electron chi connectivity index (χ1n) is 20.1. The first-order chi connectivity index (χ1) is 23.0. The van der Waals surface area contributed by atoms with Crippen molar-refractivity contribution in [3.8, 4) is 0 Å². The minimum atomic E-state index is -0.858. The fourth-order valence-corrected chi connectivity index (χ4v) is 5.80. The molecule has 0 saturated heterocycles. The molecule has 0 radical (unpaired) electrons. The lowest BCUT2D eigenvalue weighted by atomic mass is 10.1. The zero-order chi connectivity index (χ0) is 34.5. The number of aliphatic hydroxyl groups excluding tert-OH is 2. The van der Waals surface area contributed by atoms with Crippen molar-refractivity contribution in [3.05, 3.63) is 24.3 Å². The number of esters is 1. The van der Waals surface area contributed by atoms with Crippen LogP contribution in [0.2, 0.25) is 0 Å². The van der Waals surface area contributed by atoms with Crippen molar-refractivity contribution in [2.75, 3.05) is 13.2 Å². The van der Waals surface area contributed by atoms with E-state index in [2.05, 4.69) is 31.3 Å².